The number of phenolic OH excluding ortho intramolecular Hbond substituents is 1. The van der Waals surface area contributed by atoms with Crippen LogP contribution in [0.1, 0.15) is 23.7 Å². The number of aldehydes is 1. The molecule has 1 saturated carbocycles. The van der Waals surface area contributed by atoms with E-state index >= 15 is 0 Å². The summed E-state index contributed by atoms with van der Waals surface area (Å²) in [5, 5.41) is 60.6. The largest absolute Gasteiger partial charge is 0.508 e. The van der Waals surface area contributed by atoms with Crippen LogP contribution in [0, 0.1) is 11.8 Å². The first-order chi connectivity index (χ1) is 16.6. The normalized spacial score (nSPS) is 40.9. The van der Waals surface area contributed by atoms with Gasteiger partial charge in [0.2, 0.25) is 6.29 Å². The van der Waals surface area contributed by atoms with Gasteiger partial charge in [-0.3, -0.25) is 4.79 Å². The van der Waals surface area contributed by atoms with Crippen molar-refractivity contribution in [3.8, 4) is 5.75 Å². The predicted molar refractivity (Wildman–Crippen MR) is 113 cm³/mol. The van der Waals surface area contributed by atoms with E-state index in [1.165, 1.54) is 24.3 Å². The van der Waals surface area contributed by atoms with Gasteiger partial charge in [-0.2, -0.15) is 0 Å². The number of esters is 1. The Morgan fingerprint density at radius 1 is 1.14 bits per heavy atom. The van der Waals surface area contributed by atoms with Crippen LogP contribution in [0.25, 0.3) is 0 Å². The molecule has 1 aromatic carbocycles. The lowest BCUT2D eigenvalue weighted by Gasteiger charge is -2.44. The molecule has 0 aromatic heterocycles. The van der Waals surface area contributed by atoms with Crippen LogP contribution in [-0.2, 0) is 23.7 Å². The van der Waals surface area contributed by atoms with Gasteiger partial charge >= 0.3 is 5.97 Å². The highest BCUT2D eigenvalue weighted by Crippen LogP contribution is 2.51. The lowest BCUT2D eigenvalue weighted by molar-refractivity contribution is -0.346. The number of carbonyl (C=O) groups is 2. The fourth-order valence-corrected chi connectivity index (χ4v) is 4.92. The third kappa shape index (κ3) is 4.54. The molecular weight excluding hydrogens is 468 g/mol. The van der Waals surface area contributed by atoms with Gasteiger partial charge in [0, 0.05) is 12.3 Å². The molecule has 0 amide bonds. The molecule has 1 aromatic rings. The number of rotatable bonds is 6. The minimum absolute atomic E-state index is 0.0257. The number of hydrogen-bond donors (Lipinski definition) is 6. The van der Waals surface area contributed by atoms with E-state index in [1.54, 1.807) is 6.92 Å². The third-order valence-corrected chi connectivity index (χ3v) is 6.94. The van der Waals surface area contributed by atoms with Gasteiger partial charge in [0.1, 0.15) is 41.9 Å². The highest BCUT2D eigenvalue weighted by atomic mass is 16.8. The molecule has 10 atom stereocenters. The van der Waals surface area contributed by atoms with Crippen molar-refractivity contribution in [1.82, 2.24) is 0 Å². The van der Waals surface area contributed by atoms with Crippen molar-refractivity contribution >= 4 is 12.3 Å². The quantitative estimate of drug-likeness (QED) is 0.199. The van der Waals surface area contributed by atoms with Crippen LogP contribution in [0.5, 0.6) is 5.75 Å². The van der Waals surface area contributed by atoms with Gasteiger partial charge in [-0.15, -0.1) is 0 Å². The lowest BCUT2D eigenvalue weighted by Crippen LogP contribution is -2.61. The van der Waals surface area contributed by atoms with E-state index in [2.05, 4.69) is 0 Å². The van der Waals surface area contributed by atoms with Crippen LogP contribution in [0.4, 0.5) is 0 Å². The van der Waals surface area contributed by atoms with Crippen molar-refractivity contribution in [2.75, 3.05) is 6.61 Å². The smallest absolute Gasteiger partial charge is 0.338 e. The molecule has 3 aliphatic rings. The van der Waals surface area contributed by atoms with Crippen LogP contribution in [0.2, 0.25) is 0 Å². The van der Waals surface area contributed by atoms with E-state index in [0.717, 1.165) is 6.26 Å². The van der Waals surface area contributed by atoms with Gasteiger partial charge in [0.05, 0.1) is 29.9 Å². The number of ether oxygens (including phenoxy) is 4. The van der Waals surface area contributed by atoms with Gasteiger partial charge in [-0.25, -0.2) is 4.79 Å². The highest BCUT2D eigenvalue weighted by Gasteiger charge is 2.61. The molecule has 0 radical (unpaired) electrons. The molecule has 0 bridgehead atoms. The molecule has 6 N–H and O–H groups in total. The number of phenols is 1. The second kappa shape index (κ2) is 9.82. The van der Waals surface area contributed by atoms with E-state index in [4.69, 9.17) is 18.9 Å². The fourth-order valence-electron chi connectivity index (χ4n) is 4.92. The molecule has 12 heteroatoms. The SMILES string of the molecule is C[C@H]1[C@@H](OC(=O)c2ccc(O)cc2)C[C@]2(O)C(C=O)=COC(O[C@@H]3O[C@H](CO)[C@@H](O)[C@H](O)[C@H]3O)[C@H]12. The van der Waals surface area contributed by atoms with Crippen LogP contribution in [0.3, 0.4) is 0 Å². The summed E-state index contributed by atoms with van der Waals surface area (Å²) in [5.41, 5.74) is -1.72. The Balaban J connectivity index is 1.55. The van der Waals surface area contributed by atoms with E-state index in [-0.39, 0.29) is 23.3 Å². The Hall–Kier alpha value is -2.58. The van der Waals surface area contributed by atoms with E-state index in [9.17, 15) is 40.2 Å². The summed E-state index contributed by atoms with van der Waals surface area (Å²) in [4.78, 5) is 24.3. The van der Waals surface area contributed by atoms with Crippen LogP contribution < -0.4 is 0 Å². The number of aliphatic hydroxyl groups excluding tert-OH is 4. The van der Waals surface area contributed by atoms with Crippen molar-refractivity contribution in [3.05, 3.63) is 41.7 Å². The molecule has 1 aliphatic carbocycles. The molecule has 4 rings (SSSR count). The Labute approximate surface area is 199 Å². The summed E-state index contributed by atoms with van der Waals surface area (Å²) < 4.78 is 22.2. The summed E-state index contributed by atoms with van der Waals surface area (Å²) in [6.07, 6.45) is -8.63. The molecule has 1 unspecified atom stereocenters. The number of carbonyl (C=O) groups excluding carboxylic acids is 2. The van der Waals surface area contributed by atoms with E-state index in [0.29, 0.717) is 6.29 Å². The summed E-state index contributed by atoms with van der Waals surface area (Å²) in [5.74, 6) is -2.30. The molecule has 0 spiro atoms. The number of fused-ring (bicyclic) bond motifs is 1. The Kier molecular flexibility index (Phi) is 7.16. The number of aliphatic hydroxyl groups is 5. The van der Waals surface area contributed by atoms with Gasteiger partial charge < -0.3 is 49.6 Å². The summed E-state index contributed by atoms with van der Waals surface area (Å²) in [7, 11) is 0. The number of hydrogen-bond acceptors (Lipinski definition) is 12. The maximum Gasteiger partial charge on any atom is 0.338 e. The van der Waals surface area contributed by atoms with Crippen LogP contribution in [0.15, 0.2) is 36.1 Å². The molecule has 2 aliphatic heterocycles. The Morgan fingerprint density at radius 3 is 2.46 bits per heavy atom. The number of benzene rings is 1. The van der Waals surface area contributed by atoms with Crippen molar-refractivity contribution in [2.24, 2.45) is 11.8 Å². The fraction of sp³-hybridized carbons (Fsp3) is 0.565. The van der Waals surface area contributed by atoms with Crippen molar-refractivity contribution in [1.29, 1.82) is 0 Å². The van der Waals surface area contributed by atoms with Crippen molar-refractivity contribution in [3.63, 3.8) is 0 Å². The molecule has 35 heavy (non-hydrogen) atoms. The first kappa shape index (κ1) is 25.5. The molecular formula is C23H28O12. The highest BCUT2D eigenvalue weighted by molar-refractivity contribution is 5.89. The van der Waals surface area contributed by atoms with Gasteiger partial charge in [-0.1, -0.05) is 6.92 Å². The zero-order valence-electron chi connectivity index (χ0n) is 18.7. The second-order valence-electron chi connectivity index (χ2n) is 9.03. The molecule has 1 saturated heterocycles. The minimum Gasteiger partial charge on any atom is -0.508 e. The maximum atomic E-state index is 12.6. The summed E-state index contributed by atoms with van der Waals surface area (Å²) in [6.45, 7) is 1.00. The average molecular weight is 496 g/mol. The van der Waals surface area contributed by atoms with Gasteiger partial charge in [0.25, 0.3) is 0 Å². The summed E-state index contributed by atoms with van der Waals surface area (Å²) in [6, 6.07) is 5.41. The molecule has 12 nitrogen and oxygen atoms in total. The van der Waals surface area contributed by atoms with Gasteiger partial charge in [-0.05, 0) is 24.3 Å². The average Bonchev–Trinajstić information content (AvgIpc) is 3.10. The van der Waals surface area contributed by atoms with Gasteiger partial charge in [0.15, 0.2) is 12.6 Å². The monoisotopic (exact) mass is 496 g/mol. The maximum absolute atomic E-state index is 12.6. The molecule has 2 heterocycles. The molecule has 2 fully saturated rings. The minimum atomic E-state index is -1.81. The third-order valence-electron chi connectivity index (χ3n) is 6.94. The lowest BCUT2D eigenvalue weighted by atomic mass is 9.79. The van der Waals surface area contributed by atoms with Crippen molar-refractivity contribution < 1.29 is 59.2 Å². The van der Waals surface area contributed by atoms with E-state index in [1.807, 2.05) is 0 Å². The summed E-state index contributed by atoms with van der Waals surface area (Å²) >= 11 is 0. The zero-order valence-corrected chi connectivity index (χ0v) is 18.7. The topological polar surface area (TPSA) is 192 Å². The van der Waals surface area contributed by atoms with Crippen LogP contribution >= 0.6 is 0 Å². The van der Waals surface area contributed by atoms with Crippen LogP contribution in [-0.4, -0.2) is 98.2 Å². The number of aromatic hydroxyl groups is 1. The Bertz CT molecular complexity index is 962. The molecule has 192 valence electrons. The first-order valence-electron chi connectivity index (χ1n) is 11.1. The second-order valence-corrected chi connectivity index (χ2v) is 9.03. The first-order valence-corrected chi connectivity index (χ1v) is 11.1. The van der Waals surface area contributed by atoms with E-state index < -0.39 is 73.1 Å². The predicted octanol–water partition coefficient (Wildman–Crippen LogP) is -1.44. The Morgan fingerprint density at radius 2 is 1.83 bits per heavy atom. The zero-order chi connectivity index (χ0) is 25.5. The van der Waals surface area contributed by atoms with Crippen molar-refractivity contribution in [2.45, 2.75) is 62.0 Å². The standard InChI is InChI=1S/C23H28O12/c1-10-14(33-20(30)11-2-4-13(26)5-3-11)6-23(31)12(7-24)9-32-21(16(10)23)35-22-19(29)18(28)17(27)15(8-25)34-22/h2-5,7,9-10,14-19,21-22,25-29,31H,6,8H2,1H3/t10-,14-,15+,16-,17+,18-,19+,21?,22-,23-/m0/s1.